The molecule has 1 aromatic carbocycles. The van der Waals surface area contributed by atoms with Gasteiger partial charge in [-0.25, -0.2) is 4.98 Å². The Hall–Kier alpha value is -2.29. The molecule has 0 unspecified atom stereocenters. The average molecular weight is 237 g/mol. The molecular formula is C15H15N3. The van der Waals surface area contributed by atoms with E-state index in [1.165, 1.54) is 5.56 Å². The summed E-state index contributed by atoms with van der Waals surface area (Å²) in [7, 11) is 0. The molecule has 2 heterocycles. The molecule has 3 nitrogen and oxygen atoms in total. The Bertz CT molecular complexity index is 726. The van der Waals surface area contributed by atoms with Gasteiger partial charge in [-0.1, -0.05) is 12.1 Å². The first-order chi connectivity index (χ1) is 8.65. The van der Waals surface area contributed by atoms with Gasteiger partial charge in [0.25, 0.3) is 0 Å². The molecule has 90 valence electrons. The number of nitrogen functional groups attached to an aromatic ring is 1. The lowest BCUT2D eigenvalue weighted by Gasteiger charge is -2.00. The molecule has 0 spiro atoms. The molecular weight excluding hydrogens is 222 g/mol. The molecule has 3 heteroatoms. The second kappa shape index (κ2) is 3.88. The van der Waals surface area contributed by atoms with E-state index in [4.69, 9.17) is 10.7 Å². The summed E-state index contributed by atoms with van der Waals surface area (Å²) >= 11 is 0. The molecule has 0 radical (unpaired) electrons. The first-order valence-corrected chi connectivity index (χ1v) is 5.96. The molecule has 0 bridgehead atoms. The zero-order valence-electron chi connectivity index (χ0n) is 10.5. The molecule has 3 aromatic rings. The topological polar surface area (TPSA) is 43.3 Å². The highest BCUT2D eigenvalue weighted by Gasteiger charge is 2.10. The number of rotatable bonds is 1. The number of anilines is 1. The van der Waals surface area contributed by atoms with Crippen LogP contribution in [-0.4, -0.2) is 9.38 Å². The van der Waals surface area contributed by atoms with Crippen LogP contribution in [0.4, 0.5) is 5.69 Å². The number of benzene rings is 1. The van der Waals surface area contributed by atoms with Crippen LogP contribution >= 0.6 is 0 Å². The number of nitrogens with zero attached hydrogens (tertiary/aromatic N) is 2. The van der Waals surface area contributed by atoms with Crippen LogP contribution in [0.5, 0.6) is 0 Å². The third kappa shape index (κ3) is 1.64. The molecule has 2 aromatic heterocycles. The Morgan fingerprint density at radius 1 is 1.11 bits per heavy atom. The van der Waals surface area contributed by atoms with Gasteiger partial charge in [-0.15, -0.1) is 0 Å². The predicted octanol–water partition coefficient (Wildman–Crippen LogP) is 3.20. The maximum absolute atomic E-state index is 5.83. The summed E-state index contributed by atoms with van der Waals surface area (Å²) in [6, 6.07) is 12.0. The molecule has 3 rings (SSSR count). The minimum absolute atomic E-state index is 0.764. The van der Waals surface area contributed by atoms with E-state index in [-0.39, 0.29) is 0 Å². The molecule has 0 saturated carbocycles. The highest BCUT2D eigenvalue weighted by Crippen LogP contribution is 2.25. The van der Waals surface area contributed by atoms with Crippen molar-refractivity contribution >= 4 is 11.3 Å². The van der Waals surface area contributed by atoms with E-state index >= 15 is 0 Å². The summed E-state index contributed by atoms with van der Waals surface area (Å²) in [5, 5.41) is 0. The van der Waals surface area contributed by atoms with Crippen LogP contribution in [0, 0.1) is 13.8 Å². The largest absolute Gasteiger partial charge is 0.399 e. The van der Waals surface area contributed by atoms with Gasteiger partial charge in [-0.05, 0) is 43.7 Å². The van der Waals surface area contributed by atoms with E-state index in [1.807, 2.05) is 24.3 Å². The molecule has 2 N–H and O–H groups in total. The summed E-state index contributed by atoms with van der Waals surface area (Å²) in [6.07, 6.45) is 2.06. The number of imidazole rings is 1. The van der Waals surface area contributed by atoms with E-state index < -0.39 is 0 Å². The van der Waals surface area contributed by atoms with Gasteiger partial charge >= 0.3 is 0 Å². The lowest BCUT2D eigenvalue weighted by molar-refractivity contribution is 1.10. The van der Waals surface area contributed by atoms with Crippen molar-refractivity contribution in [1.82, 2.24) is 9.38 Å². The van der Waals surface area contributed by atoms with Crippen LogP contribution in [0.3, 0.4) is 0 Å². The van der Waals surface area contributed by atoms with E-state index in [0.717, 1.165) is 28.3 Å². The van der Waals surface area contributed by atoms with E-state index in [0.29, 0.717) is 0 Å². The van der Waals surface area contributed by atoms with E-state index in [9.17, 15) is 0 Å². The lowest BCUT2D eigenvalue weighted by Crippen LogP contribution is -1.88. The summed E-state index contributed by atoms with van der Waals surface area (Å²) in [4.78, 5) is 4.69. The van der Waals surface area contributed by atoms with Crippen molar-refractivity contribution in [2.24, 2.45) is 0 Å². The van der Waals surface area contributed by atoms with Crippen molar-refractivity contribution in [1.29, 1.82) is 0 Å². The van der Waals surface area contributed by atoms with Crippen molar-refractivity contribution in [2.75, 3.05) is 5.73 Å². The fourth-order valence-electron chi connectivity index (χ4n) is 2.23. The van der Waals surface area contributed by atoms with Crippen molar-refractivity contribution in [3.05, 3.63) is 53.9 Å². The zero-order valence-corrected chi connectivity index (χ0v) is 10.5. The van der Waals surface area contributed by atoms with E-state index in [2.05, 4.69) is 36.6 Å². The maximum Gasteiger partial charge on any atom is 0.137 e. The molecule has 0 aliphatic rings. The number of hydrogen-bond acceptors (Lipinski definition) is 2. The normalized spacial score (nSPS) is 11.0. The van der Waals surface area contributed by atoms with E-state index in [1.54, 1.807) is 0 Å². The van der Waals surface area contributed by atoms with Gasteiger partial charge in [0, 0.05) is 23.1 Å². The molecule has 0 fully saturated rings. The molecule has 0 amide bonds. The van der Waals surface area contributed by atoms with Crippen molar-refractivity contribution in [3.8, 4) is 11.3 Å². The smallest absolute Gasteiger partial charge is 0.137 e. The Balaban J connectivity index is 2.27. The van der Waals surface area contributed by atoms with Crippen molar-refractivity contribution < 1.29 is 0 Å². The number of fused-ring (bicyclic) bond motifs is 1. The zero-order chi connectivity index (χ0) is 12.7. The van der Waals surface area contributed by atoms with Gasteiger partial charge in [0.2, 0.25) is 0 Å². The second-order valence-corrected chi connectivity index (χ2v) is 4.60. The van der Waals surface area contributed by atoms with Crippen LogP contribution < -0.4 is 5.73 Å². The SMILES string of the molecule is Cc1ccn2c(C)c(-c3cccc(N)c3)nc2c1. The minimum atomic E-state index is 0.764. The maximum atomic E-state index is 5.83. The third-order valence-electron chi connectivity index (χ3n) is 3.18. The lowest BCUT2D eigenvalue weighted by atomic mass is 10.1. The number of pyridine rings is 1. The van der Waals surface area contributed by atoms with Crippen molar-refractivity contribution in [2.45, 2.75) is 13.8 Å². The highest BCUT2D eigenvalue weighted by atomic mass is 15.0. The first-order valence-electron chi connectivity index (χ1n) is 5.96. The first kappa shape index (κ1) is 10.8. The van der Waals surface area contributed by atoms with Gasteiger partial charge in [-0.2, -0.15) is 0 Å². The minimum Gasteiger partial charge on any atom is -0.399 e. The van der Waals surface area contributed by atoms with Gasteiger partial charge in [0.15, 0.2) is 0 Å². The third-order valence-corrected chi connectivity index (χ3v) is 3.18. The summed E-state index contributed by atoms with van der Waals surface area (Å²) in [5.74, 6) is 0. The van der Waals surface area contributed by atoms with Gasteiger partial charge in [-0.3, -0.25) is 0 Å². The van der Waals surface area contributed by atoms with Crippen LogP contribution in [-0.2, 0) is 0 Å². The fraction of sp³-hybridized carbons (Fsp3) is 0.133. The molecule has 0 aliphatic carbocycles. The van der Waals surface area contributed by atoms with Gasteiger partial charge in [0.05, 0.1) is 5.69 Å². The van der Waals surface area contributed by atoms with Crippen molar-refractivity contribution in [3.63, 3.8) is 0 Å². The van der Waals surface area contributed by atoms with Crippen LogP contribution in [0.15, 0.2) is 42.6 Å². The quantitative estimate of drug-likeness (QED) is 0.660. The van der Waals surface area contributed by atoms with Gasteiger partial charge in [0.1, 0.15) is 5.65 Å². The Morgan fingerprint density at radius 3 is 2.72 bits per heavy atom. The van der Waals surface area contributed by atoms with Crippen LogP contribution in [0.2, 0.25) is 0 Å². The summed E-state index contributed by atoms with van der Waals surface area (Å²) < 4.78 is 2.10. The van der Waals surface area contributed by atoms with Gasteiger partial charge < -0.3 is 10.1 Å². The number of aromatic nitrogens is 2. The average Bonchev–Trinajstić information content (AvgIpc) is 2.66. The highest BCUT2D eigenvalue weighted by molar-refractivity contribution is 5.69. The predicted molar refractivity (Wildman–Crippen MR) is 74.5 cm³/mol. The fourth-order valence-corrected chi connectivity index (χ4v) is 2.23. The Kier molecular flexibility index (Phi) is 2.33. The second-order valence-electron chi connectivity index (χ2n) is 4.60. The monoisotopic (exact) mass is 237 g/mol. The number of aryl methyl sites for hydroxylation is 2. The Labute approximate surface area is 106 Å². The molecule has 0 aliphatic heterocycles. The summed E-state index contributed by atoms with van der Waals surface area (Å²) in [5.41, 5.74) is 12.0. The Morgan fingerprint density at radius 2 is 1.94 bits per heavy atom. The van der Waals surface area contributed by atoms with Crippen LogP contribution in [0.25, 0.3) is 16.9 Å². The number of nitrogens with two attached hydrogens (primary N) is 1. The molecule has 18 heavy (non-hydrogen) atoms. The molecule has 0 atom stereocenters. The molecule has 0 saturated heterocycles. The summed E-state index contributed by atoms with van der Waals surface area (Å²) in [6.45, 7) is 4.15. The standard InChI is InChI=1S/C15H15N3/c1-10-6-7-18-11(2)15(17-14(18)8-10)12-4-3-5-13(16)9-12/h3-9H,16H2,1-2H3. The van der Waals surface area contributed by atoms with Crippen LogP contribution in [0.1, 0.15) is 11.3 Å². The number of hydrogen-bond donors (Lipinski definition) is 1.